The van der Waals surface area contributed by atoms with Gasteiger partial charge in [-0.2, -0.15) is 4.98 Å². The lowest BCUT2D eigenvalue weighted by molar-refractivity contribution is -0.153. The van der Waals surface area contributed by atoms with Crippen molar-refractivity contribution in [1.82, 2.24) is 20.8 Å². The van der Waals surface area contributed by atoms with Crippen molar-refractivity contribution in [3.05, 3.63) is 30.2 Å². The van der Waals surface area contributed by atoms with E-state index in [0.29, 0.717) is 17.9 Å². The van der Waals surface area contributed by atoms with Crippen molar-refractivity contribution in [3.8, 4) is 11.4 Å². The quantitative estimate of drug-likeness (QED) is 0.671. The molecule has 10 nitrogen and oxygen atoms in total. The molecule has 0 saturated carbocycles. The van der Waals surface area contributed by atoms with Crippen LogP contribution in [0, 0.1) is 5.41 Å². The Labute approximate surface area is 165 Å². The molecule has 3 atom stereocenters. The molecule has 5 rings (SSSR count). The molecule has 2 aromatic rings. The van der Waals surface area contributed by atoms with Crippen LogP contribution in [0.2, 0.25) is 0 Å². The number of amides is 4. The second-order valence-electron chi connectivity index (χ2n) is 7.73. The highest BCUT2D eigenvalue weighted by Crippen LogP contribution is 2.47. The number of barbiturate groups is 1. The predicted octanol–water partition coefficient (Wildman–Crippen LogP) is 0.627. The lowest BCUT2D eigenvalue weighted by Gasteiger charge is -2.55. The smallest absolute Gasteiger partial charge is 0.328 e. The van der Waals surface area contributed by atoms with E-state index in [1.54, 1.807) is 0 Å². The highest BCUT2D eigenvalue weighted by atomic mass is 16.5. The normalized spacial score (nSPS) is 27.9. The molecule has 0 aliphatic carbocycles. The predicted molar refractivity (Wildman–Crippen MR) is 98.7 cm³/mol. The molecule has 2 saturated heterocycles. The summed E-state index contributed by atoms with van der Waals surface area (Å²) in [5.41, 5.74) is 0.945. The fourth-order valence-electron chi connectivity index (χ4n) is 4.88. The van der Waals surface area contributed by atoms with E-state index in [0.717, 1.165) is 11.3 Å². The molecule has 1 spiro atoms. The first kappa shape index (κ1) is 17.8. The van der Waals surface area contributed by atoms with Crippen LogP contribution >= 0.6 is 0 Å². The Bertz CT molecular complexity index is 1000. The first-order chi connectivity index (χ1) is 13.9. The number of morpholine rings is 1. The lowest BCUT2D eigenvalue weighted by atomic mass is 9.66. The van der Waals surface area contributed by atoms with Crippen molar-refractivity contribution in [3.63, 3.8) is 0 Å². The number of imide groups is 2. The molecular weight excluding hydrogens is 378 g/mol. The first-order valence-corrected chi connectivity index (χ1v) is 9.39. The van der Waals surface area contributed by atoms with Crippen LogP contribution in [0.25, 0.3) is 11.4 Å². The zero-order valence-electron chi connectivity index (χ0n) is 15.8. The number of rotatable bonds is 1. The van der Waals surface area contributed by atoms with E-state index in [-0.39, 0.29) is 12.5 Å². The topological polar surface area (TPSA) is 127 Å². The van der Waals surface area contributed by atoms with Gasteiger partial charge in [0.15, 0.2) is 5.41 Å². The zero-order valence-corrected chi connectivity index (χ0v) is 15.8. The van der Waals surface area contributed by atoms with Gasteiger partial charge in [0.25, 0.3) is 0 Å². The number of carbonyl (C=O) groups excluding carboxylic acids is 3. The van der Waals surface area contributed by atoms with E-state index in [4.69, 9.17) is 9.26 Å². The highest BCUT2D eigenvalue weighted by Gasteiger charge is 2.62. The van der Waals surface area contributed by atoms with Crippen LogP contribution in [-0.2, 0) is 20.7 Å². The lowest BCUT2D eigenvalue weighted by Crippen LogP contribution is -2.75. The minimum absolute atomic E-state index is 0.0857. The van der Waals surface area contributed by atoms with Crippen LogP contribution in [0.1, 0.15) is 19.4 Å². The maximum absolute atomic E-state index is 13.1. The van der Waals surface area contributed by atoms with Crippen molar-refractivity contribution in [2.75, 3.05) is 11.4 Å². The zero-order chi connectivity index (χ0) is 20.3. The van der Waals surface area contributed by atoms with Gasteiger partial charge in [-0.25, -0.2) is 4.79 Å². The molecule has 1 aromatic heterocycles. The molecule has 0 radical (unpaired) electrons. The number of benzene rings is 1. The number of carbonyl (C=O) groups is 3. The van der Waals surface area contributed by atoms with Crippen LogP contribution in [0.4, 0.5) is 10.5 Å². The second-order valence-corrected chi connectivity index (χ2v) is 7.73. The standard InChI is InChI=1S/C19H19N5O5/c1-9-7-24-13-4-3-11(15-20-8-28-23-15)5-12(13)6-19(14(24)10(2)29-9)16(25)21-18(27)22-17(19)26/h3-5,8-10,14H,6-7H2,1-2H3,(H2,21,22,25,26,27)/t9-,10+,14-/m1/s1. The third kappa shape index (κ3) is 2.48. The van der Waals surface area contributed by atoms with Crippen LogP contribution in [-0.4, -0.2) is 52.8 Å². The number of hydrogen-bond acceptors (Lipinski definition) is 8. The minimum atomic E-state index is -1.49. The van der Waals surface area contributed by atoms with Gasteiger partial charge in [0.05, 0.1) is 18.2 Å². The number of anilines is 1. The Kier molecular flexibility index (Phi) is 3.75. The van der Waals surface area contributed by atoms with Gasteiger partial charge < -0.3 is 14.2 Å². The molecule has 2 N–H and O–H groups in total. The second kappa shape index (κ2) is 6.11. The van der Waals surface area contributed by atoms with E-state index >= 15 is 0 Å². The van der Waals surface area contributed by atoms with Gasteiger partial charge in [-0.1, -0.05) is 5.16 Å². The highest BCUT2D eigenvalue weighted by molar-refractivity contribution is 6.20. The summed E-state index contributed by atoms with van der Waals surface area (Å²) in [5.74, 6) is -0.802. The SMILES string of the molecule is C[C@@H]1CN2c3ccc(-c4ncon4)cc3CC3(C(=O)NC(=O)NC3=O)[C@H]2[C@H](C)O1. The van der Waals surface area contributed by atoms with Crippen molar-refractivity contribution < 1.29 is 23.6 Å². The molecule has 4 amide bonds. The van der Waals surface area contributed by atoms with Gasteiger partial charge in [0.1, 0.15) is 0 Å². The Hall–Kier alpha value is -3.27. The summed E-state index contributed by atoms with van der Waals surface area (Å²) in [7, 11) is 0. The molecule has 0 bridgehead atoms. The summed E-state index contributed by atoms with van der Waals surface area (Å²) in [6.45, 7) is 4.32. The first-order valence-electron chi connectivity index (χ1n) is 9.39. The largest absolute Gasteiger partial charge is 0.372 e. The number of nitrogens with one attached hydrogen (secondary N) is 2. The fourth-order valence-corrected chi connectivity index (χ4v) is 4.88. The molecule has 0 unspecified atom stereocenters. The number of hydrogen-bond donors (Lipinski definition) is 2. The number of fused-ring (bicyclic) bond motifs is 4. The number of ether oxygens (including phenoxy) is 1. The molecule has 3 aliphatic rings. The van der Waals surface area contributed by atoms with Crippen LogP contribution in [0.15, 0.2) is 29.1 Å². The van der Waals surface area contributed by atoms with E-state index < -0.39 is 35.4 Å². The van der Waals surface area contributed by atoms with Gasteiger partial charge in [0.2, 0.25) is 24.0 Å². The molecule has 1 aromatic carbocycles. The average molecular weight is 397 g/mol. The molecule has 3 aliphatic heterocycles. The fraction of sp³-hybridized carbons (Fsp3) is 0.421. The Morgan fingerprint density at radius 3 is 2.62 bits per heavy atom. The van der Waals surface area contributed by atoms with Crippen molar-refractivity contribution in [2.24, 2.45) is 5.41 Å². The minimum Gasteiger partial charge on any atom is -0.372 e. The summed E-state index contributed by atoms with van der Waals surface area (Å²) in [4.78, 5) is 44.0. The van der Waals surface area contributed by atoms with Gasteiger partial charge in [-0.05, 0) is 44.0 Å². The number of urea groups is 1. The Balaban J connectivity index is 1.69. The molecule has 4 heterocycles. The molecule has 2 fully saturated rings. The summed E-state index contributed by atoms with van der Waals surface area (Å²) in [5, 5.41) is 8.41. The Morgan fingerprint density at radius 2 is 1.93 bits per heavy atom. The molecule has 10 heteroatoms. The third-order valence-electron chi connectivity index (χ3n) is 5.93. The van der Waals surface area contributed by atoms with E-state index in [1.165, 1.54) is 6.39 Å². The van der Waals surface area contributed by atoms with Gasteiger partial charge in [-0.15, -0.1) is 0 Å². The monoisotopic (exact) mass is 397 g/mol. The van der Waals surface area contributed by atoms with Gasteiger partial charge in [-0.3, -0.25) is 20.2 Å². The molecule has 150 valence electrons. The third-order valence-corrected chi connectivity index (χ3v) is 5.93. The maximum atomic E-state index is 13.1. The van der Waals surface area contributed by atoms with E-state index in [9.17, 15) is 14.4 Å². The van der Waals surface area contributed by atoms with Gasteiger partial charge >= 0.3 is 6.03 Å². The van der Waals surface area contributed by atoms with Crippen LogP contribution in [0.5, 0.6) is 0 Å². The van der Waals surface area contributed by atoms with E-state index in [1.807, 2.05) is 36.9 Å². The maximum Gasteiger partial charge on any atom is 0.328 e. The van der Waals surface area contributed by atoms with Crippen molar-refractivity contribution in [1.29, 1.82) is 0 Å². The van der Waals surface area contributed by atoms with Crippen molar-refractivity contribution in [2.45, 2.75) is 38.5 Å². The van der Waals surface area contributed by atoms with Crippen molar-refractivity contribution >= 4 is 23.5 Å². The number of nitrogens with zero attached hydrogens (tertiary/aromatic N) is 3. The Morgan fingerprint density at radius 1 is 1.17 bits per heavy atom. The summed E-state index contributed by atoms with van der Waals surface area (Å²) in [6.07, 6.45) is 0.888. The summed E-state index contributed by atoms with van der Waals surface area (Å²) < 4.78 is 10.8. The molecular formula is C19H19N5O5. The van der Waals surface area contributed by atoms with Gasteiger partial charge in [0, 0.05) is 17.8 Å². The molecule has 29 heavy (non-hydrogen) atoms. The average Bonchev–Trinajstić information content (AvgIpc) is 3.20. The van der Waals surface area contributed by atoms with Crippen LogP contribution < -0.4 is 15.5 Å². The summed E-state index contributed by atoms with van der Waals surface area (Å²) >= 11 is 0. The number of aromatic nitrogens is 2. The van der Waals surface area contributed by atoms with E-state index in [2.05, 4.69) is 20.8 Å². The van der Waals surface area contributed by atoms with Crippen LogP contribution in [0.3, 0.4) is 0 Å². The summed E-state index contributed by atoms with van der Waals surface area (Å²) in [6, 6.07) is 4.33.